The van der Waals surface area contributed by atoms with Crippen molar-refractivity contribution in [3.8, 4) is 33.4 Å². The van der Waals surface area contributed by atoms with Gasteiger partial charge in [0.05, 0.1) is 6.04 Å². The molecule has 1 aliphatic carbocycles. The number of anilines is 2. The fourth-order valence-electron chi connectivity index (χ4n) is 9.97. The molecule has 1 aromatic heterocycles. The lowest BCUT2D eigenvalue weighted by atomic mass is 9.74. The summed E-state index contributed by atoms with van der Waals surface area (Å²) in [6.07, 6.45) is 8.75. The van der Waals surface area contributed by atoms with Crippen LogP contribution in [0.5, 0.6) is 0 Å². The average Bonchev–Trinajstić information content (AvgIpc) is 3.85. The lowest BCUT2D eigenvalue weighted by Gasteiger charge is -2.33. The number of nitrogens with zero attached hydrogens (tertiary/aromatic N) is 1. The van der Waals surface area contributed by atoms with Crippen LogP contribution >= 0.6 is 11.3 Å². The molecular formula is C60H45NS. The van der Waals surface area contributed by atoms with Gasteiger partial charge in [0, 0.05) is 37.0 Å². The number of allylic oxidation sites excluding steroid dienone is 3. The highest BCUT2D eigenvalue weighted by molar-refractivity contribution is 7.25. The van der Waals surface area contributed by atoms with Gasteiger partial charge in [-0.05, 0) is 123 Å². The van der Waals surface area contributed by atoms with Crippen LogP contribution in [0.4, 0.5) is 11.4 Å². The summed E-state index contributed by atoms with van der Waals surface area (Å²) in [7, 11) is 0. The first-order valence-electron chi connectivity index (χ1n) is 21.6. The summed E-state index contributed by atoms with van der Waals surface area (Å²) >= 11 is 1.87. The Hall–Kier alpha value is -7.26. The van der Waals surface area contributed by atoms with Crippen molar-refractivity contribution < 1.29 is 0 Å². The summed E-state index contributed by atoms with van der Waals surface area (Å²) in [6, 6.07) is 76.3. The Kier molecular flexibility index (Phi) is 9.52. The van der Waals surface area contributed by atoms with Gasteiger partial charge in [-0.3, -0.25) is 0 Å². The van der Waals surface area contributed by atoms with Gasteiger partial charge in [-0.15, -0.1) is 11.3 Å². The van der Waals surface area contributed by atoms with Crippen molar-refractivity contribution in [2.75, 3.05) is 4.90 Å². The predicted octanol–water partition coefficient (Wildman–Crippen LogP) is 16.9. The molecule has 1 heterocycles. The zero-order valence-corrected chi connectivity index (χ0v) is 35.7. The quantitative estimate of drug-likeness (QED) is 0.131. The minimum atomic E-state index is -0.251. The van der Waals surface area contributed by atoms with Crippen LogP contribution in [0.15, 0.2) is 231 Å². The smallest absolute Gasteiger partial charge is 0.0784 e. The molecule has 0 bridgehead atoms. The fourth-order valence-corrected chi connectivity index (χ4v) is 11.1. The van der Waals surface area contributed by atoms with E-state index in [-0.39, 0.29) is 11.5 Å². The second-order valence-electron chi connectivity index (χ2n) is 16.5. The zero-order chi connectivity index (χ0) is 41.6. The SMILES string of the molecule is C/C=C\C=C/C(c1cccc2ccccc12)N(c1ccc(-c2ccc3c(c2)C(C)(c2ccccc2)c2ccccc2-3)cc1)c1ccc(-c2cccc3sc4ccccc4c23)cc1. The minimum absolute atomic E-state index is 0.0941. The third-order valence-electron chi connectivity index (χ3n) is 13.0. The van der Waals surface area contributed by atoms with Gasteiger partial charge in [-0.1, -0.05) is 188 Å². The van der Waals surface area contributed by atoms with Crippen LogP contribution < -0.4 is 4.90 Å². The van der Waals surface area contributed by atoms with Crippen molar-refractivity contribution >= 4 is 53.7 Å². The molecule has 0 saturated heterocycles. The number of benzene rings is 9. The standard InChI is InChI=1S/C60H45NS/c1-3-4-6-27-56(52-25-15-18-42-17-9-10-21-48(42)52)61(47-37-32-43(33-38-47)49-24-16-29-58-59(49)53-23-12-14-28-57(53)62-58)46-35-30-41(31-36-46)44-34-39-51-50-22-11-13-26-54(50)60(2,55(51)40-44)45-19-7-5-8-20-45/h3-40,56H,1-2H3/b4-3-,27-6-. The van der Waals surface area contributed by atoms with Crippen molar-refractivity contribution in [3.05, 3.63) is 253 Å². The molecule has 2 heteroatoms. The molecule has 0 amide bonds. The van der Waals surface area contributed by atoms with Gasteiger partial charge in [0.15, 0.2) is 0 Å². The maximum absolute atomic E-state index is 2.50. The summed E-state index contributed by atoms with van der Waals surface area (Å²) in [4.78, 5) is 2.50. The van der Waals surface area contributed by atoms with E-state index in [2.05, 4.69) is 249 Å². The van der Waals surface area contributed by atoms with Crippen LogP contribution in [0.25, 0.3) is 64.3 Å². The molecular weight excluding hydrogens is 767 g/mol. The van der Waals surface area contributed by atoms with Crippen molar-refractivity contribution in [2.45, 2.75) is 25.3 Å². The Labute approximate surface area is 368 Å². The van der Waals surface area contributed by atoms with Crippen molar-refractivity contribution in [1.82, 2.24) is 0 Å². The average molecular weight is 812 g/mol. The first kappa shape index (κ1) is 37.7. The molecule has 0 aliphatic heterocycles. The molecule has 296 valence electrons. The summed E-state index contributed by atoms with van der Waals surface area (Å²) < 4.78 is 2.64. The molecule has 0 saturated carbocycles. The van der Waals surface area contributed by atoms with Crippen molar-refractivity contribution in [2.24, 2.45) is 0 Å². The minimum Gasteiger partial charge on any atom is -0.330 e. The molecule has 0 fully saturated rings. The van der Waals surface area contributed by atoms with Crippen LogP contribution in [-0.2, 0) is 5.41 Å². The number of hydrogen-bond donors (Lipinski definition) is 0. The van der Waals surface area contributed by atoms with Gasteiger partial charge in [-0.25, -0.2) is 0 Å². The van der Waals surface area contributed by atoms with Gasteiger partial charge in [-0.2, -0.15) is 0 Å². The Morgan fingerprint density at radius 1 is 0.484 bits per heavy atom. The Morgan fingerprint density at radius 2 is 1.10 bits per heavy atom. The van der Waals surface area contributed by atoms with Gasteiger partial charge in [0.25, 0.3) is 0 Å². The maximum Gasteiger partial charge on any atom is 0.0784 e. The molecule has 10 aromatic rings. The van der Waals surface area contributed by atoms with Crippen LogP contribution in [-0.4, -0.2) is 0 Å². The highest BCUT2D eigenvalue weighted by Crippen LogP contribution is 2.53. The van der Waals surface area contributed by atoms with Crippen LogP contribution in [0, 0.1) is 0 Å². The van der Waals surface area contributed by atoms with E-state index in [9.17, 15) is 0 Å². The van der Waals surface area contributed by atoms with Crippen LogP contribution in [0.1, 0.15) is 42.1 Å². The lowest BCUT2D eigenvalue weighted by molar-refractivity contribution is 0.714. The molecule has 1 aliphatic rings. The van der Waals surface area contributed by atoms with Crippen molar-refractivity contribution in [3.63, 3.8) is 0 Å². The van der Waals surface area contributed by atoms with Crippen LogP contribution in [0.2, 0.25) is 0 Å². The molecule has 0 N–H and O–H groups in total. The summed E-state index contributed by atoms with van der Waals surface area (Å²) in [5, 5.41) is 5.13. The third-order valence-corrected chi connectivity index (χ3v) is 14.2. The van der Waals surface area contributed by atoms with E-state index in [1.807, 2.05) is 11.3 Å². The van der Waals surface area contributed by atoms with E-state index in [4.69, 9.17) is 0 Å². The van der Waals surface area contributed by atoms with E-state index in [1.165, 1.54) is 86.6 Å². The summed E-state index contributed by atoms with van der Waals surface area (Å²) in [5.74, 6) is 0. The van der Waals surface area contributed by atoms with E-state index >= 15 is 0 Å². The van der Waals surface area contributed by atoms with Crippen LogP contribution in [0.3, 0.4) is 0 Å². The topological polar surface area (TPSA) is 3.24 Å². The van der Waals surface area contributed by atoms with Gasteiger partial charge in [0.1, 0.15) is 0 Å². The predicted molar refractivity (Wildman–Crippen MR) is 267 cm³/mol. The monoisotopic (exact) mass is 811 g/mol. The zero-order valence-electron chi connectivity index (χ0n) is 34.9. The lowest BCUT2D eigenvalue weighted by Crippen LogP contribution is -2.23. The highest BCUT2D eigenvalue weighted by Gasteiger charge is 2.40. The molecule has 62 heavy (non-hydrogen) atoms. The number of thiophene rings is 1. The largest absolute Gasteiger partial charge is 0.330 e. The Balaban J connectivity index is 1.04. The second-order valence-corrected chi connectivity index (χ2v) is 17.5. The van der Waals surface area contributed by atoms with E-state index in [0.717, 1.165) is 11.4 Å². The van der Waals surface area contributed by atoms with E-state index in [1.54, 1.807) is 0 Å². The molecule has 11 rings (SSSR count). The number of fused-ring (bicyclic) bond motifs is 7. The second kappa shape index (κ2) is 15.6. The third kappa shape index (κ3) is 6.30. The summed E-state index contributed by atoms with van der Waals surface area (Å²) in [5.41, 5.74) is 14.8. The normalized spacial score (nSPS) is 15.1. The molecule has 0 spiro atoms. The molecule has 9 aromatic carbocycles. The summed E-state index contributed by atoms with van der Waals surface area (Å²) in [6.45, 7) is 4.46. The Morgan fingerprint density at radius 3 is 1.90 bits per heavy atom. The molecule has 2 atom stereocenters. The highest BCUT2D eigenvalue weighted by atomic mass is 32.1. The van der Waals surface area contributed by atoms with E-state index in [0.29, 0.717) is 0 Å². The number of hydrogen-bond acceptors (Lipinski definition) is 2. The van der Waals surface area contributed by atoms with E-state index < -0.39 is 0 Å². The molecule has 2 unspecified atom stereocenters. The van der Waals surface area contributed by atoms with Gasteiger partial charge >= 0.3 is 0 Å². The van der Waals surface area contributed by atoms with Crippen molar-refractivity contribution in [1.29, 1.82) is 0 Å². The van der Waals surface area contributed by atoms with Gasteiger partial charge < -0.3 is 4.90 Å². The number of rotatable bonds is 9. The molecule has 1 nitrogen and oxygen atoms in total. The molecule has 0 radical (unpaired) electrons. The maximum atomic E-state index is 2.50. The Bertz CT molecular complexity index is 3310. The van der Waals surface area contributed by atoms with Gasteiger partial charge in [0.2, 0.25) is 0 Å². The fraction of sp³-hybridized carbons (Fsp3) is 0.0667. The first-order valence-corrected chi connectivity index (χ1v) is 22.4. The first-order chi connectivity index (χ1) is 30.6.